The zero-order valence-corrected chi connectivity index (χ0v) is 9.09. The van der Waals surface area contributed by atoms with Gasteiger partial charge in [0.05, 0.1) is 6.26 Å². The Morgan fingerprint density at radius 2 is 1.71 bits per heavy atom. The van der Waals surface area contributed by atoms with E-state index in [0.717, 1.165) is 28.2 Å². The van der Waals surface area contributed by atoms with E-state index in [-0.39, 0.29) is 0 Å². The molecule has 0 atom stereocenters. The maximum atomic E-state index is 10.9. The van der Waals surface area contributed by atoms with Crippen LogP contribution >= 0.6 is 0 Å². The summed E-state index contributed by atoms with van der Waals surface area (Å²) in [5.41, 5.74) is 1.87. The highest BCUT2D eigenvalue weighted by Crippen LogP contribution is 2.30. The highest BCUT2D eigenvalue weighted by molar-refractivity contribution is 5.99. The van der Waals surface area contributed by atoms with Crippen LogP contribution in [-0.2, 0) is 0 Å². The van der Waals surface area contributed by atoms with E-state index in [0.29, 0.717) is 5.76 Å². The Labute approximate surface area is 98.5 Å². The van der Waals surface area contributed by atoms with Gasteiger partial charge in [-0.3, -0.25) is 4.79 Å². The smallest absolute Gasteiger partial charge is 0.185 e. The van der Waals surface area contributed by atoms with Gasteiger partial charge >= 0.3 is 0 Å². The lowest BCUT2D eigenvalue weighted by atomic mass is 9.99. The molecule has 3 rings (SSSR count). The highest BCUT2D eigenvalue weighted by atomic mass is 16.3. The lowest BCUT2D eigenvalue weighted by molar-refractivity contribution is 0.110. The van der Waals surface area contributed by atoms with Crippen LogP contribution in [0.4, 0.5) is 0 Å². The molecular weight excluding hydrogens is 212 g/mol. The number of carbonyl (C=O) groups excluding carboxylic acids is 1. The molecule has 0 N–H and O–H groups in total. The van der Waals surface area contributed by atoms with Crippen molar-refractivity contribution in [2.75, 3.05) is 0 Å². The van der Waals surface area contributed by atoms with Crippen molar-refractivity contribution in [1.82, 2.24) is 0 Å². The summed E-state index contributed by atoms with van der Waals surface area (Å²) in [6.45, 7) is 0. The maximum absolute atomic E-state index is 10.9. The molecule has 0 fully saturated rings. The number of furan rings is 1. The first-order valence-corrected chi connectivity index (χ1v) is 5.41. The molecule has 0 saturated carbocycles. The third-order valence-electron chi connectivity index (χ3n) is 2.88. The van der Waals surface area contributed by atoms with E-state index >= 15 is 0 Å². The third-order valence-corrected chi connectivity index (χ3v) is 2.88. The van der Waals surface area contributed by atoms with Gasteiger partial charge in [-0.1, -0.05) is 42.5 Å². The van der Waals surface area contributed by atoms with Gasteiger partial charge in [0, 0.05) is 5.56 Å². The van der Waals surface area contributed by atoms with Crippen molar-refractivity contribution in [1.29, 1.82) is 0 Å². The number of fused-ring (bicyclic) bond motifs is 1. The maximum Gasteiger partial charge on any atom is 0.185 e. The number of hydrogen-bond donors (Lipinski definition) is 0. The van der Waals surface area contributed by atoms with Crippen molar-refractivity contribution < 1.29 is 9.21 Å². The minimum absolute atomic E-state index is 0.376. The highest BCUT2D eigenvalue weighted by Gasteiger charge is 2.10. The predicted molar refractivity (Wildman–Crippen MR) is 67.0 cm³/mol. The summed E-state index contributed by atoms with van der Waals surface area (Å²) in [4.78, 5) is 10.9. The number of benzene rings is 2. The van der Waals surface area contributed by atoms with E-state index in [1.54, 1.807) is 6.26 Å². The van der Waals surface area contributed by atoms with E-state index in [9.17, 15) is 4.79 Å². The molecule has 0 aliphatic rings. The van der Waals surface area contributed by atoms with Crippen molar-refractivity contribution >= 4 is 17.1 Å². The van der Waals surface area contributed by atoms with Crippen LogP contribution < -0.4 is 0 Å². The van der Waals surface area contributed by atoms with Crippen LogP contribution in [0.15, 0.2) is 59.2 Å². The van der Waals surface area contributed by atoms with Gasteiger partial charge in [0.2, 0.25) is 0 Å². The molecule has 1 heterocycles. The lowest BCUT2D eigenvalue weighted by Crippen LogP contribution is -1.83. The normalized spacial score (nSPS) is 10.6. The Bertz CT molecular complexity index is 675. The Balaban J connectivity index is 2.34. The second-order valence-electron chi connectivity index (χ2n) is 3.84. The van der Waals surface area contributed by atoms with Gasteiger partial charge in [-0.05, 0) is 22.4 Å². The molecule has 0 radical (unpaired) electrons. The van der Waals surface area contributed by atoms with Crippen LogP contribution in [0.1, 0.15) is 10.6 Å². The second-order valence-corrected chi connectivity index (χ2v) is 3.84. The number of carbonyl (C=O) groups is 1. The summed E-state index contributed by atoms with van der Waals surface area (Å²) in [5, 5.41) is 2.28. The van der Waals surface area contributed by atoms with Crippen LogP contribution in [0.2, 0.25) is 0 Å². The van der Waals surface area contributed by atoms with E-state index in [1.165, 1.54) is 0 Å². The molecule has 1 aromatic heterocycles. The Kier molecular flexibility index (Phi) is 2.26. The summed E-state index contributed by atoms with van der Waals surface area (Å²) in [6.07, 6.45) is 2.29. The first-order valence-electron chi connectivity index (χ1n) is 5.41. The molecule has 2 aromatic carbocycles. The molecule has 0 spiro atoms. The average Bonchev–Trinajstić information content (AvgIpc) is 2.86. The first kappa shape index (κ1) is 9.85. The molecule has 0 amide bonds. The van der Waals surface area contributed by atoms with Crippen molar-refractivity contribution in [2.45, 2.75) is 0 Å². The van der Waals surface area contributed by atoms with Crippen LogP contribution in [-0.4, -0.2) is 6.29 Å². The Hall–Kier alpha value is -2.35. The predicted octanol–water partition coefficient (Wildman–Crippen LogP) is 3.91. The van der Waals surface area contributed by atoms with E-state index in [4.69, 9.17) is 4.42 Å². The number of hydrogen-bond acceptors (Lipinski definition) is 2. The van der Waals surface area contributed by atoms with E-state index in [2.05, 4.69) is 12.1 Å². The fourth-order valence-corrected chi connectivity index (χ4v) is 2.10. The first-order chi connectivity index (χ1) is 8.40. The van der Waals surface area contributed by atoms with Gasteiger partial charge in [-0.2, -0.15) is 0 Å². The van der Waals surface area contributed by atoms with Crippen LogP contribution in [0.3, 0.4) is 0 Å². The monoisotopic (exact) mass is 222 g/mol. The Morgan fingerprint density at radius 1 is 0.882 bits per heavy atom. The summed E-state index contributed by atoms with van der Waals surface area (Å²) < 4.78 is 5.15. The molecule has 0 bridgehead atoms. The molecular formula is C15H10O2. The number of aldehydes is 1. The minimum Gasteiger partial charge on any atom is -0.461 e. The molecule has 82 valence electrons. The van der Waals surface area contributed by atoms with Gasteiger partial charge < -0.3 is 4.42 Å². The zero-order chi connectivity index (χ0) is 11.7. The Morgan fingerprint density at radius 3 is 2.59 bits per heavy atom. The molecule has 2 heteroatoms. The molecule has 17 heavy (non-hydrogen) atoms. The fraction of sp³-hybridized carbons (Fsp3) is 0. The summed E-state index contributed by atoms with van der Waals surface area (Å²) in [6, 6.07) is 16.0. The van der Waals surface area contributed by atoms with Gasteiger partial charge in [0.1, 0.15) is 0 Å². The van der Waals surface area contributed by atoms with Crippen LogP contribution in [0.25, 0.3) is 21.9 Å². The quantitative estimate of drug-likeness (QED) is 0.615. The van der Waals surface area contributed by atoms with Gasteiger partial charge in [0.25, 0.3) is 0 Å². The zero-order valence-electron chi connectivity index (χ0n) is 9.09. The van der Waals surface area contributed by atoms with Crippen LogP contribution in [0, 0.1) is 0 Å². The van der Waals surface area contributed by atoms with Crippen LogP contribution in [0.5, 0.6) is 0 Å². The fourth-order valence-electron chi connectivity index (χ4n) is 2.10. The van der Waals surface area contributed by atoms with Gasteiger partial charge in [-0.25, -0.2) is 0 Å². The standard InChI is InChI=1S/C15H10O2/c16-10-15-14(8-9-17-15)13-7-3-5-11-4-1-2-6-12(11)13/h1-10H. The summed E-state index contributed by atoms with van der Waals surface area (Å²) in [7, 11) is 0. The topological polar surface area (TPSA) is 30.2 Å². The molecule has 0 saturated heterocycles. The van der Waals surface area contributed by atoms with Gasteiger partial charge in [-0.15, -0.1) is 0 Å². The van der Waals surface area contributed by atoms with Crippen molar-refractivity contribution in [3.63, 3.8) is 0 Å². The van der Waals surface area contributed by atoms with Crippen molar-refractivity contribution in [3.05, 3.63) is 60.6 Å². The summed E-state index contributed by atoms with van der Waals surface area (Å²) in [5.74, 6) is 0.376. The largest absolute Gasteiger partial charge is 0.461 e. The molecule has 0 aliphatic heterocycles. The van der Waals surface area contributed by atoms with E-state index < -0.39 is 0 Å². The van der Waals surface area contributed by atoms with E-state index in [1.807, 2.05) is 36.4 Å². The second kappa shape index (κ2) is 3.91. The number of rotatable bonds is 2. The minimum atomic E-state index is 0.376. The van der Waals surface area contributed by atoms with Crippen molar-refractivity contribution in [2.24, 2.45) is 0 Å². The van der Waals surface area contributed by atoms with Crippen molar-refractivity contribution in [3.8, 4) is 11.1 Å². The lowest BCUT2D eigenvalue weighted by Gasteiger charge is -2.04. The SMILES string of the molecule is O=Cc1occc1-c1cccc2ccccc12. The molecule has 2 nitrogen and oxygen atoms in total. The third kappa shape index (κ3) is 1.54. The molecule has 3 aromatic rings. The average molecular weight is 222 g/mol. The summed E-state index contributed by atoms with van der Waals surface area (Å²) >= 11 is 0. The van der Waals surface area contributed by atoms with Gasteiger partial charge in [0.15, 0.2) is 12.0 Å². The molecule has 0 aliphatic carbocycles. The molecule has 0 unspecified atom stereocenters.